The van der Waals surface area contributed by atoms with Gasteiger partial charge in [-0.05, 0) is 33.2 Å². The van der Waals surface area contributed by atoms with Crippen molar-refractivity contribution < 1.29 is 0 Å². The molecular weight excluding hydrogens is 214 g/mol. The molecule has 0 aromatic carbocycles. The molecule has 5 nitrogen and oxygen atoms in total. The SMILES string of the molecule is Cc1ccc(C(=N)N)c(N(C)CCN(C)C)n1. The molecule has 0 bridgehead atoms. The average molecular weight is 235 g/mol. The first-order valence-corrected chi connectivity index (χ1v) is 5.59. The van der Waals surface area contributed by atoms with Gasteiger partial charge < -0.3 is 15.5 Å². The van der Waals surface area contributed by atoms with Crippen LogP contribution in [-0.2, 0) is 0 Å². The van der Waals surface area contributed by atoms with Crippen molar-refractivity contribution in [2.24, 2.45) is 5.73 Å². The minimum Gasteiger partial charge on any atom is -0.384 e. The summed E-state index contributed by atoms with van der Waals surface area (Å²) in [5.74, 6) is 0.837. The second kappa shape index (κ2) is 5.63. The minimum absolute atomic E-state index is 0.0594. The molecule has 0 unspecified atom stereocenters. The van der Waals surface area contributed by atoms with E-state index in [9.17, 15) is 0 Å². The van der Waals surface area contributed by atoms with Gasteiger partial charge in [-0.25, -0.2) is 4.98 Å². The van der Waals surface area contributed by atoms with Crippen LogP contribution in [0, 0.1) is 12.3 Å². The summed E-state index contributed by atoms with van der Waals surface area (Å²) in [5, 5.41) is 7.56. The Morgan fingerprint density at radius 3 is 2.47 bits per heavy atom. The number of pyridine rings is 1. The van der Waals surface area contributed by atoms with Crippen molar-refractivity contribution in [1.82, 2.24) is 9.88 Å². The summed E-state index contributed by atoms with van der Waals surface area (Å²) in [6, 6.07) is 3.73. The Morgan fingerprint density at radius 1 is 1.29 bits per heavy atom. The van der Waals surface area contributed by atoms with E-state index >= 15 is 0 Å². The van der Waals surface area contributed by atoms with Crippen LogP contribution in [-0.4, -0.2) is 50.0 Å². The van der Waals surface area contributed by atoms with Crippen LogP contribution >= 0.6 is 0 Å². The lowest BCUT2D eigenvalue weighted by Crippen LogP contribution is -2.31. The Balaban J connectivity index is 2.94. The Morgan fingerprint density at radius 2 is 1.94 bits per heavy atom. The molecule has 0 spiro atoms. The van der Waals surface area contributed by atoms with Gasteiger partial charge in [-0.3, -0.25) is 5.41 Å². The average Bonchev–Trinajstić information content (AvgIpc) is 2.25. The van der Waals surface area contributed by atoms with E-state index in [0.717, 1.165) is 24.6 Å². The van der Waals surface area contributed by atoms with Crippen LogP contribution in [0.2, 0.25) is 0 Å². The number of hydrogen-bond donors (Lipinski definition) is 2. The van der Waals surface area contributed by atoms with Gasteiger partial charge in [0.1, 0.15) is 11.7 Å². The number of hydrogen-bond acceptors (Lipinski definition) is 4. The molecule has 0 atom stereocenters. The Kier molecular flexibility index (Phi) is 4.45. The van der Waals surface area contributed by atoms with Crippen LogP contribution in [0.25, 0.3) is 0 Å². The molecule has 3 N–H and O–H groups in total. The molecule has 0 fully saturated rings. The standard InChI is InChI=1S/C12H21N5/c1-9-5-6-10(11(13)14)12(15-9)17(4)8-7-16(2)3/h5-6H,7-8H2,1-4H3,(H3,13,14). The number of amidine groups is 1. The van der Waals surface area contributed by atoms with E-state index in [1.54, 1.807) is 0 Å². The quantitative estimate of drug-likeness (QED) is 0.581. The molecule has 0 amide bonds. The number of nitrogens with one attached hydrogen (secondary N) is 1. The van der Waals surface area contributed by atoms with Crippen molar-refractivity contribution in [3.8, 4) is 0 Å². The third-order valence-corrected chi connectivity index (χ3v) is 2.55. The first-order valence-electron chi connectivity index (χ1n) is 5.59. The lowest BCUT2D eigenvalue weighted by molar-refractivity contribution is 0.416. The van der Waals surface area contributed by atoms with Crippen LogP contribution in [0.4, 0.5) is 5.82 Å². The predicted molar refractivity (Wildman–Crippen MR) is 71.8 cm³/mol. The smallest absolute Gasteiger partial charge is 0.139 e. The van der Waals surface area contributed by atoms with Crippen LogP contribution < -0.4 is 10.6 Å². The summed E-state index contributed by atoms with van der Waals surface area (Å²) in [4.78, 5) is 8.60. The fourth-order valence-corrected chi connectivity index (χ4v) is 1.50. The number of rotatable bonds is 5. The van der Waals surface area contributed by atoms with Crippen molar-refractivity contribution in [3.05, 3.63) is 23.4 Å². The van der Waals surface area contributed by atoms with Gasteiger partial charge in [0.15, 0.2) is 0 Å². The number of likely N-dealkylation sites (N-methyl/N-ethyl adjacent to an activating group) is 2. The molecule has 1 aromatic rings. The van der Waals surface area contributed by atoms with E-state index < -0.39 is 0 Å². The molecule has 1 aromatic heterocycles. The third kappa shape index (κ3) is 3.71. The van der Waals surface area contributed by atoms with Crippen molar-refractivity contribution in [2.75, 3.05) is 39.1 Å². The van der Waals surface area contributed by atoms with Gasteiger partial charge in [0.25, 0.3) is 0 Å². The van der Waals surface area contributed by atoms with E-state index in [0.29, 0.717) is 5.56 Å². The third-order valence-electron chi connectivity index (χ3n) is 2.55. The summed E-state index contributed by atoms with van der Waals surface area (Å²) in [6.45, 7) is 3.72. The molecule has 0 saturated carbocycles. The highest BCUT2D eigenvalue weighted by Gasteiger charge is 2.11. The maximum Gasteiger partial charge on any atom is 0.139 e. The summed E-state index contributed by atoms with van der Waals surface area (Å²) in [6.07, 6.45) is 0. The van der Waals surface area contributed by atoms with Crippen molar-refractivity contribution in [2.45, 2.75) is 6.92 Å². The topological polar surface area (TPSA) is 69.2 Å². The summed E-state index contributed by atoms with van der Waals surface area (Å²) < 4.78 is 0. The Bertz CT molecular complexity index is 400. The Labute approximate surface area is 103 Å². The fraction of sp³-hybridized carbons (Fsp3) is 0.500. The zero-order valence-electron chi connectivity index (χ0n) is 11.0. The normalized spacial score (nSPS) is 10.6. The van der Waals surface area contributed by atoms with Gasteiger partial charge in [-0.2, -0.15) is 0 Å². The van der Waals surface area contributed by atoms with E-state index in [1.807, 2.05) is 45.1 Å². The number of anilines is 1. The monoisotopic (exact) mass is 235 g/mol. The van der Waals surface area contributed by atoms with Gasteiger partial charge in [-0.15, -0.1) is 0 Å². The maximum atomic E-state index is 7.56. The van der Waals surface area contributed by atoms with E-state index in [1.165, 1.54) is 0 Å². The number of aromatic nitrogens is 1. The van der Waals surface area contributed by atoms with E-state index in [2.05, 4.69) is 9.88 Å². The summed E-state index contributed by atoms with van der Waals surface area (Å²) in [7, 11) is 6.03. The number of nitrogens with two attached hydrogens (primary N) is 1. The molecule has 1 rings (SSSR count). The van der Waals surface area contributed by atoms with Crippen LogP contribution in [0.5, 0.6) is 0 Å². The lowest BCUT2D eigenvalue weighted by atomic mass is 10.2. The zero-order chi connectivity index (χ0) is 13.0. The van der Waals surface area contributed by atoms with Gasteiger partial charge in [0.2, 0.25) is 0 Å². The first-order chi connectivity index (χ1) is 7.91. The molecule has 0 saturated heterocycles. The molecule has 0 aliphatic rings. The molecule has 0 radical (unpaired) electrons. The van der Waals surface area contributed by atoms with Crippen molar-refractivity contribution >= 4 is 11.7 Å². The fourth-order valence-electron chi connectivity index (χ4n) is 1.50. The summed E-state index contributed by atoms with van der Waals surface area (Å²) in [5.41, 5.74) is 7.19. The van der Waals surface area contributed by atoms with Crippen LogP contribution in [0.3, 0.4) is 0 Å². The zero-order valence-corrected chi connectivity index (χ0v) is 11.0. The number of nitrogen functional groups attached to an aromatic ring is 1. The first kappa shape index (κ1) is 13.4. The molecule has 94 valence electrons. The molecule has 0 aliphatic heterocycles. The van der Waals surface area contributed by atoms with E-state index in [4.69, 9.17) is 11.1 Å². The second-order valence-corrected chi connectivity index (χ2v) is 4.46. The molecule has 5 heteroatoms. The van der Waals surface area contributed by atoms with Crippen molar-refractivity contribution in [3.63, 3.8) is 0 Å². The van der Waals surface area contributed by atoms with Crippen LogP contribution in [0.1, 0.15) is 11.3 Å². The largest absolute Gasteiger partial charge is 0.384 e. The molecule has 1 heterocycles. The van der Waals surface area contributed by atoms with Crippen molar-refractivity contribution in [1.29, 1.82) is 5.41 Å². The summed E-state index contributed by atoms with van der Waals surface area (Å²) >= 11 is 0. The number of nitrogens with zero attached hydrogens (tertiary/aromatic N) is 3. The second-order valence-electron chi connectivity index (χ2n) is 4.46. The van der Waals surface area contributed by atoms with E-state index in [-0.39, 0.29) is 5.84 Å². The highest BCUT2D eigenvalue weighted by atomic mass is 15.2. The van der Waals surface area contributed by atoms with Crippen LogP contribution in [0.15, 0.2) is 12.1 Å². The lowest BCUT2D eigenvalue weighted by Gasteiger charge is -2.23. The van der Waals surface area contributed by atoms with Gasteiger partial charge >= 0.3 is 0 Å². The highest BCUT2D eigenvalue weighted by Crippen LogP contribution is 2.16. The molecule has 17 heavy (non-hydrogen) atoms. The van der Waals surface area contributed by atoms with Gasteiger partial charge in [0.05, 0.1) is 5.56 Å². The van der Waals surface area contributed by atoms with Gasteiger partial charge in [0, 0.05) is 25.8 Å². The number of aryl methyl sites for hydroxylation is 1. The predicted octanol–water partition coefficient (Wildman–Crippen LogP) is 0.672. The van der Waals surface area contributed by atoms with Gasteiger partial charge in [-0.1, -0.05) is 0 Å². The molecule has 0 aliphatic carbocycles. The minimum atomic E-state index is 0.0594. The Hall–Kier alpha value is -1.62. The molecular formula is C12H21N5. The highest BCUT2D eigenvalue weighted by molar-refractivity contribution is 5.99. The maximum absolute atomic E-state index is 7.56.